The van der Waals surface area contributed by atoms with Crippen LogP contribution in [0, 0.1) is 0 Å². The van der Waals surface area contributed by atoms with Crippen LogP contribution < -0.4 is 5.32 Å². The summed E-state index contributed by atoms with van der Waals surface area (Å²) in [6.07, 6.45) is 13.3. The molecule has 1 saturated carbocycles. The molecule has 0 radical (unpaired) electrons. The Kier molecular flexibility index (Phi) is 7.14. The lowest BCUT2D eigenvalue weighted by Crippen LogP contribution is -2.45. The second-order valence-electron chi connectivity index (χ2n) is 5.63. The topological polar surface area (TPSA) is 21.3 Å². The summed E-state index contributed by atoms with van der Waals surface area (Å²) in [5, 5.41) is 3.47. The average Bonchev–Trinajstić information content (AvgIpc) is 2.31. The number of nitrogens with one attached hydrogen (secondary N) is 1. The monoisotopic (exact) mass is 241 g/mol. The molecule has 1 N–H and O–H groups in total. The number of hydrogen-bond acceptors (Lipinski definition) is 2. The first kappa shape index (κ1) is 15.0. The Balaban J connectivity index is 2.14. The highest BCUT2D eigenvalue weighted by Crippen LogP contribution is 2.39. The van der Waals surface area contributed by atoms with Crippen molar-refractivity contribution in [3.05, 3.63) is 0 Å². The number of methoxy groups -OCH3 is 1. The summed E-state index contributed by atoms with van der Waals surface area (Å²) in [5.41, 5.74) is 0.219. The molecule has 1 fully saturated rings. The maximum absolute atomic E-state index is 5.71. The van der Waals surface area contributed by atoms with Crippen molar-refractivity contribution < 1.29 is 4.74 Å². The summed E-state index contributed by atoms with van der Waals surface area (Å²) in [6, 6.07) is 0.650. The van der Waals surface area contributed by atoms with E-state index >= 15 is 0 Å². The maximum Gasteiger partial charge on any atom is 0.0693 e. The van der Waals surface area contributed by atoms with E-state index in [0.717, 1.165) is 0 Å². The van der Waals surface area contributed by atoms with E-state index in [-0.39, 0.29) is 5.60 Å². The van der Waals surface area contributed by atoms with Crippen molar-refractivity contribution in [3.8, 4) is 0 Å². The Morgan fingerprint density at radius 2 is 1.88 bits per heavy atom. The molecule has 17 heavy (non-hydrogen) atoms. The average molecular weight is 241 g/mol. The molecule has 0 aliphatic heterocycles. The van der Waals surface area contributed by atoms with Crippen LogP contribution in [-0.4, -0.2) is 25.8 Å². The van der Waals surface area contributed by atoms with Crippen LogP contribution in [0.25, 0.3) is 0 Å². The molecule has 0 aromatic heterocycles. The Bertz CT molecular complexity index is 184. The van der Waals surface area contributed by atoms with E-state index in [1.54, 1.807) is 0 Å². The molecule has 0 amide bonds. The van der Waals surface area contributed by atoms with Gasteiger partial charge in [0.1, 0.15) is 0 Å². The molecule has 0 bridgehead atoms. The molecule has 2 heteroatoms. The number of rotatable bonds is 10. The standard InChI is InChI=1S/C15H31NO/c1-4-5-6-7-8-10-14(16-2)13-15(17-3)11-9-12-15/h14,16H,4-13H2,1-3H3. The van der Waals surface area contributed by atoms with Gasteiger partial charge >= 0.3 is 0 Å². The van der Waals surface area contributed by atoms with Gasteiger partial charge in [-0.15, -0.1) is 0 Å². The molecule has 1 aliphatic rings. The lowest BCUT2D eigenvalue weighted by Gasteiger charge is -2.42. The summed E-state index contributed by atoms with van der Waals surface area (Å²) in [5.74, 6) is 0. The Hall–Kier alpha value is -0.0800. The van der Waals surface area contributed by atoms with Gasteiger partial charge in [-0.05, 0) is 39.2 Å². The summed E-state index contributed by atoms with van der Waals surface area (Å²) < 4.78 is 5.71. The molecule has 0 saturated heterocycles. The van der Waals surface area contributed by atoms with Crippen LogP contribution >= 0.6 is 0 Å². The van der Waals surface area contributed by atoms with Gasteiger partial charge in [-0.2, -0.15) is 0 Å². The second kappa shape index (κ2) is 8.10. The summed E-state index contributed by atoms with van der Waals surface area (Å²) in [7, 11) is 3.98. The number of hydrogen-bond donors (Lipinski definition) is 1. The third-order valence-electron chi connectivity index (χ3n) is 4.38. The number of unbranched alkanes of at least 4 members (excludes halogenated alkanes) is 4. The van der Waals surface area contributed by atoms with Crippen LogP contribution in [0.3, 0.4) is 0 Å². The van der Waals surface area contributed by atoms with Crippen molar-refractivity contribution >= 4 is 0 Å². The minimum absolute atomic E-state index is 0.219. The lowest BCUT2D eigenvalue weighted by molar-refractivity contribution is -0.0836. The molecule has 2 nitrogen and oxygen atoms in total. The van der Waals surface area contributed by atoms with E-state index in [4.69, 9.17) is 4.74 Å². The molecular weight excluding hydrogens is 210 g/mol. The first-order valence-electron chi connectivity index (χ1n) is 7.49. The molecule has 1 rings (SSSR count). The van der Waals surface area contributed by atoms with Crippen LogP contribution in [-0.2, 0) is 4.74 Å². The highest BCUT2D eigenvalue weighted by atomic mass is 16.5. The fourth-order valence-corrected chi connectivity index (χ4v) is 2.85. The predicted molar refractivity (Wildman–Crippen MR) is 74.4 cm³/mol. The summed E-state index contributed by atoms with van der Waals surface area (Å²) in [6.45, 7) is 2.27. The normalized spacial score (nSPS) is 19.9. The molecule has 1 unspecified atom stereocenters. The SMILES string of the molecule is CCCCCCCC(CC1(OC)CCC1)NC. The van der Waals surface area contributed by atoms with Gasteiger partial charge in [0.15, 0.2) is 0 Å². The van der Waals surface area contributed by atoms with Crippen molar-refractivity contribution in [1.82, 2.24) is 5.32 Å². The number of ether oxygens (including phenoxy) is 1. The second-order valence-corrected chi connectivity index (χ2v) is 5.63. The molecular formula is C15H31NO. The van der Waals surface area contributed by atoms with Gasteiger partial charge in [-0.1, -0.05) is 39.0 Å². The van der Waals surface area contributed by atoms with Gasteiger partial charge in [-0.25, -0.2) is 0 Å². The Morgan fingerprint density at radius 3 is 2.35 bits per heavy atom. The quantitative estimate of drug-likeness (QED) is 0.586. The molecule has 1 aliphatic carbocycles. The Morgan fingerprint density at radius 1 is 1.18 bits per heavy atom. The van der Waals surface area contributed by atoms with E-state index in [1.807, 2.05) is 7.11 Å². The molecule has 0 spiro atoms. The molecule has 0 heterocycles. The van der Waals surface area contributed by atoms with Gasteiger partial charge in [0.05, 0.1) is 5.60 Å². The minimum Gasteiger partial charge on any atom is -0.378 e. The van der Waals surface area contributed by atoms with E-state index in [1.165, 1.54) is 64.2 Å². The van der Waals surface area contributed by atoms with Gasteiger partial charge in [0.2, 0.25) is 0 Å². The largest absolute Gasteiger partial charge is 0.378 e. The molecule has 1 atom stereocenters. The maximum atomic E-state index is 5.71. The zero-order valence-corrected chi connectivity index (χ0v) is 12.1. The van der Waals surface area contributed by atoms with Gasteiger partial charge in [-0.3, -0.25) is 0 Å². The zero-order chi connectivity index (χ0) is 12.6. The summed E-state index contributed by atoms with van der Waals surface area (Å²) in [4.78, 5) is 0. The molecule has 102 valence electrons. The van der Waals surface area contributed by atoms with E-state index in [0.29, 0.717) is 6.04 Å². The van der Waals surface area contributed by atoms with Crippen LogP contribution in [0.1, 0.15) is 71.1 Å². The smallest absolute Gasteiger partial charge is 0.0693 e. The fourth-order valence-electron chi connectivity index (χ4n) is 2.85. The first-order valence-corrected chi connectivity index (χ1v) is 7.49. The van der Waals surface area contributed by atoms with Crippen LogP contribution in [0.5, 0.6) is 0 Å². The first-order chi connectivity index (χ1) is 8.26. The van der Waals surface area contributed by atoms with Crippen LogP contribution in [0.15, 0.2) is 0 Å². The highest BCUT2D eigenvalue weighted by molar-refractivity contribution is 4.92. The molecule has 0 aromatic rings. The molecule has 0 aromatic carbocycles. The van der Waals surface area contributed by atoms with Crippen molar-refractivity contribution in [2.45, 2.75) is 82.8 Å². The third-order valence-corrected chi connectivity index (χ3v) is 4.38. The van der Waals surface area contributed by atoms with Crippen molar-refractivity contribution in [3.63, 3.8) is 0 Å². The van der Waals surface area contributed by atoms with Crippen molar-refractivity contribution in [2.75, 3.05) is 14.2 Å². The third kappa shape index (κ3) is 4.97. The van der Waals surface area contributed by atoms with Crippen LogP contribution in [0.2, 0.25) is 0 Å². The highest BCUT2D eigenvalue weighted by Gasteiger charge is 2.38. The van der Waals surface area contributed by atoms with E-state index in [9.17, 15) is 0 Å². The van der Waals surface area contributed by atoms with Gasteiger partial charge in [0.25, 0.3) is 0 Å². The van der Waals surface area contributed by atoms with Gasteiger partial charge in [0, 0.05) is 13.2 Å². The van der Waals surface area contributed by atoms with E-state index in [2.05, 4.69) is 19.3 Å². The van der Waals surface area contributed by atoms with Crippen molar-refractivity contribution in [1.29, 1.82) is 0 Å². The summed E-state index contributed by atoms with van der Waals surface area (Å²) >= 11 is 0. The Labute approximate surface area is 108 Å². The van der Waals surface area contributed by atoms with E-state index < -0.39 is 0 Å². The zero-order valence-electron chi connectivity index (χ0n) is 12.1. The van der Waals surface area contributed by atoms with Crippen molar-refractivity contribution in [2.24, 2.45) is 0 Å². The van der Waals surface area contributed by atoms with Crippen LogP contribution in [0.4, 0.5) is 0 Å². The fraction of sp³-hybridized carbons (Fsp3) is 1.00. The lowest BCUT2D eigenvalue weighted by atomic mass is 9.75. The van der Waals surface area contributed by atoms with Gasteiger partial charge < -0.3 is 10.1 Å². The predicted octanol–water partition coefficient (Wildman–Crippen LogP) is 3.89. The minimum atomic E-state index is 0.219.